The first-order valence-corrected chi connectivity index (χ1v) is 11.2. The second kappa shape index (κ2) is 8.04. The molecule has 2 heterocycles. The SMILES string of the molecule is Cc1ccc(S(=O)(=O)N2CCCC(C(=O)Nc3nnc(C(C)C)s3)C2)cc1. The highest BCUT2D eigenvalue weighted by Crippen LogP contribution is 2.27. The molecular formula is C18H24N4O3S2. The van der Waals surface area contributed by atoms with Crippen LogP contribution in [0.25, 0.3) is 0 Å². The molecule has 1 amide bonds. The Labute approximate surface area is 163 Å². The number of anilines is 1. The van der Waals surface area contributed by atoms with Crippen LogP contribution in [-0.4, -0.2) is 41.9 Å². The molecule has 9 heteroatoms. The molecule has 1 aromatic heterocycles. The lowest BCUT2D eigenvalue weighted by Gasteiger charge is -2.31. The summed E-state index contributed by atoms with van der Waals surface area (Å²) in [5.74, 6) is -0.353. The molecule has 1 aliphatic heterocycles. The fourth-order valence-corrected chi connectivity index (χ4v) is 5.23. The molecule has 1 saturated heterocycles. The average molecular weight is 409 g/mol. The van der Waals surface area contributed by atoms with Gasteiger partial charge in [0.15, 0.2) is 0 Å². The maximum atomic E-state index is 12.9. The van der Waals surface area contributed by atoms with Crippen molar-refractivity contribution in [3.05, 3.63) is 34.8 Å². The molecule has 1 aliphatic rings. The van der Waals surface area contributed by atoms with Crippen LogP contribution in [0.4, 0.5) is 5.13 Å². The summed E-state index contributed by atoms with van der Waals surface area (Å²) in [7, 11) is -3.60. The lowest BCUT2D eigenvalue weighted by atomic mass is 9.99. The molecule has 1 N–H and O–H groups in total. The van der Waals surface area contributed by atoms with Gasteiger partial charge in [0.1, 0.15) is 5.01 Å². The largest absolute Gasteiger partial charge is 0.300 e. The molecule has 1 aromatic carbocycles. The van der Waals surface area contributed by atoms with Crippen molar-refractivity contribution in [1.82, 2.24) is 14.5 Å². The van der Waals surface area contributed by atoms with Gasteiger partial charge in [0, 0.05) is 19.0 Å². The highest BCUT2D eigenvalue weighted by Gasteiger charge is 2.33. The van der Waals surface area contributed by atoms with Crippen molar-refractivity contribution in [2.45, 2.75) is 44.4 Å². The van der Waals surface area contributed by atoms with Gasteiger partial charge in [0.25, 0.3) is 0 Å². The van der Waals surface area contributed by atoms with E-state index in [4.69, 9.17) is 0 Å². The first-order valence-electron chi connectivity index (χ1n) is 8.98. The number of carbonyl (C=O) groups excluding carboxylic acids is 1. The Hall–Kier alpha value is -1.84. The monoisotopic (exact) mass is 408 g/mol. The van der Waals surface area contributed by atoms with E-state index in [0.29, 0.717) is 24.5 Å². The van der Waals surface area contributed by atoms with Gasteiger partial charge in [-0.1, -0.05) is 42.9 Å². The third-order valence-corrected chi connectivity index (χ3v) is 7.60. The number of nitrogens with zero attached hydrogens (tertiary/aromatic N) is 3. The summed E-state index contributed by atoms with van der Waals surface area (Å²) in [6.45, 7) is 6.55. The second-order valence-electron chi connectivity index (χ2n) is 7.10. The van der Waals surface area contributed by atoms with Crippen LogP contribution in [0.15, 0.2) is 29.2 Å². The van der Waals surface area contributed by atoms with Gasteiger partial charge in [-0.15, -0.1) is 10.2 Å². The minimum atomic E-state index is -3.60. The van der Waals surface area contributed by atoms with Crippen LogP contribution in [0, 0.1) is 12.8 Å². The van der Waals surface area contributed by atoms with E-state index >= 15 is 0 Å². The van der Waals surface area contributed by atoms with E-state index < -0.39 is 15.9 Å². The maximum absolute atomic E-state index is 12.9. The van der Waals surface area contributed by atoms with Gasteiger partial charge in [-0.2, -0.15) is 4.31 Å². The van der Waals surface area contributed by atoms with Gasteiger partial charge in [0.05, 0.1) is 10.8 Å². The summed E-state index contributed by atoms with van der Waals surface area (Å²) < 4.78 is 27.2. The molecule has 0 aliphatic carbocycles. The molecule has 0 bridgehead atoms. The van der Waals surface area contributed by atoms with Gasteiger partial charge in [-0.3, -0.25) is 4.79 Å². The molecule has 7 nitrogen and oxygen atoms in total. The number of benzene rings is 1. The summed E-state index contributed by atoms with van der Waals surface area (Å²) in [6, 6.07) is 6.79. The van der Waals surface area contributed by atoms with Gasteiger partial charge in [0.2, 0.25) is 21.1 Å². The van der Waals surface area contributed by atoms with Crippen LogP contribution in [0.2, 0.25) is 0 Å². The Balaban J connectivity index is 1.69. The van der Waals surface area contributed by atoms with Crippen LogP contribution in [0.1, 0.15) is 43.2 Å². The summed E-state index contributed by atoms with van der Waals surface area (Å²) >= 11 is 1.35. The van der Waals surface area contributed by atoms with Crippen molar-refractivity contribution in [3.63, 3.8) is 0 Å². The number of piperidine rings is 1. The first-order chi connectivity index (χ1) is 12.8. The molecule has 2 aromatic rings. The van der Waals surface area contributed by atoms with E-state index in [9.17, 15) is 13.2 Å². The number of carbonyl (C=O) groups is 1. The summed E-state index contributed by atoms with van der Waals surface area (Å²) in [4.78, 5) is 12.9. The van der Waals surface area contributed by atoms with E-state index in [0.717, 1.165) is 10.6 Å². The Kier molecular flexibility index (Phi) is 5.92. The molecule has 0 saturated carbocycles. The number of amides is 1. The number of nitrogens with one attached hydrogen (secondary N) is 1. The lowest BCUT2D eigenvalue weighted by Crippen LogP contribution is -2.43. The molecule has 146 valence electrons. The van der Waals surface area contributed by atoms with Gasteiger partial charge in [-0.05, 0) is 31.9 Å². The molecule has 0 spiro atoms. The highest BCUT2D eigenvalue weighted by atomic mass is 32.2. The van der Waals surface area contributed by atoms with Crippen molar-refractivity contribution in [2.75, 3.05) is 18.4 Å². The Morgan fingerprint density at radius 3 is 2.59 bits per heavy atom. The Bertz CT molecular complexity index is 907. The zero-order chi connectivity index (χ0) is 19.6. The Morgan fingerprint density at radius 1 is 1.26 bits per heavy atom. The van der Waals surface area contributed by atoms with Crippen molar-refractivity contribution < 1.29 is 13.2 Å². The summed E-state index contributed by atoms with van der Waals surface area (Å²) in [5, 5.41) is 12.2. The fourth-order valence-electron chi connectivity index (χ4n) is 2.96. The maximum Gasteiger partial charge on any atom is 0.243 e. The van der Waals surface area contributed by atoms with E-state index in [1.165, 1.54) is 15.6 Å². The number of rotatable bonds is 5. The van der Waals surface area contributed by atoms with Gasteiger partial charge >= 0.3 is 0 Å². The normalized spacial score (nSPS) is 18.6. The number of hydrogen-bond donors (Lipinski definition) is 1. The number of aromatic nitrogens is 2. The second-order valence-corrected chi connectivity index (χ2v) is 10.1. The highest BCUT2D eigenvalue weighted by molar-refractivity contribution is 7.89. The van der Waals surface area contributed by atoms with E-state index in [1.54, 1.807) is 24.3 Å². The summed E-state index contributed by atoms with van der Waals surface area (Å²) in [5.41, 5.74) is 1.00. The predicted molar refractivity (Wildman–Crippen MR) is 105 cm³/mol. The molecule has 1 fully saturated rings. The molecular weight excluding hydrogens is 384 g/mol. The van der Waals surface area contributed by atoms with Crippen molar-refractivity contribution in [1.29, 1.82) is 0 Å². The average Bonchev–Trinajstić information content (AvgIpc) is 3.11. The van der Waals surface area contributed by atoms with E-state index in [-0.39, 0.29) is 23.3 Å². The first kappa shape index (κ1) is 19.9. The standard InChI is InChI=1S/C18H24N4O3S2/c1-12(2)17-20-21-18(26-17)19-16(23)14-5-4-10-22(11-14)27(24,25)15-8-6-13(3)7-9-15/h6-9,12,14H,4-5,10-11H2,1-3H3,(H,19,21,23). The lowest BCUT2D eigenvalue weighted by molar-refractivity contribution is -0.120. The van der Waals surface area contributed by atoms with Crippen molar-refractivity contribution in [3.8, 4) is 0 Å². The zero-order valence-corrected chi connectivity index (χ0v) is 17.3. The smallest absolute Gasteiger partial charge is 0.243 e. The fraction of sp³-hybridized carbons (Fsp3) is 0.500. The van der Waals surface area contributed by atoms with Gasteiger partial charge < -0.3 is 5.32 Å². The molecule has 1 atom stereocenters. The van der Waals surface area contributed by atoms with Crippen LogP contribution < -0.4 is 5.32 Å². The van der Waals surface area contributed by atoms with Crippen molar-refractivity contribution in [2.24, 2.45) is 5.92 Å². The Morgan fingerprint density at radius 2 is 1.96 bits per heavy atom. The summed E-state index contributed by atoms with van der Waals surface area (Å²) in [6.07, 6.45) is 1.30. The number of aryl methyl sites for hydroxylation is 1. The number of hydrogen-bond acceptors (Lipinski definition) is 6. The molecule has 27 heavy (non-hydrogen) atoms. The van der Waals surface area contributed by atoms with Crippen LogP contribution in [0.3, 0.4) is 0 Å². The van der Waals surface area contributed by atoms with Crippen LogP contribution >= 0.6 is 11.3 Å². The zero-order valence-electron chi connectivity index (χ0n) is 15.7. The van der Waals surface area contributed by atoms with E-state index in [1.807, 2.05) is 20.8 Å². The van der Waals surface area contributed by atoms with Gasteiger partial charge in [-0.25, -0.2) is 8.42 Å². The third-order valence-electron chi connectivity index (χ3n) is 4.58. The quantitative estimate of drug-likeness (QED) is 0.821. The third kappa shape index (κ3) is 4.53. The predicted octanol–water partition coefficient (Wildman–Crippen LogP) is 3.01. The van der Waals surface area contributed by atoms with E-state index in [2.05, 4.69) is 15.5 Å². The van der Waals surface area contributed by atoms with Crippen LogP contribution in [-0.2, 0) is 14.8 Å². The minimum absolute atomic E-state index is 0.178. The minimum Gasteiger partial charge on any atom is -0.300 e. The molecule has 0 radical (unpaired) electrons. The topological polar surface area (TPSA) is 92.3 Å². The number of sulfonamides is 1. The molecule has 3 rings (SSSR count). The molecule has 1 unspecified atom stereocenters. The van der Waals surface area contributed by atoms with Crippen molar-refractivity contribution >= 4 is 32.4 Å². The van der Waals surface area contributed by atoms with Crippen LogP contribution in [0.5, 0.6) is 0 Å².